The average molecular weight is 500 g/mol. The van der Waals surface area contributed by atoms with Crippen LogP contribution in [0.2, 0.25) is 5.02 Å². The third-order valence-electron chi connectivity index (χ3n) is 6.17. The minimum atomic E-state index is -4.09. The molecule has 0 bridgehead atoms. The number of likely N-dealkylation sites (tertiary alicyclic amines) is 1. The Kier molecular flexibility index (Phi) is 6.83. The van der Waals surface area contributed by atoms with Gasteiger partial charge in [0, 0.05) is 25.7 Å². The van der Waals surface area contributed by atoms with Crippen LogP contribution in [0.25, 0.3) is 0 Å². The van der Waals surface area contributed by atoms with Crippen LogP contribution in [0.3, 0.4) is 0 Å². The number of carbonyl (C=O) groups excluding carboxylic acids is 3. The second-order valence-corrected chi connectivity index (χ2v) is 10.5. The highest BCUT2D eigenvalue weighted by Crippen LogP contribution is 2.38. The second kappa shape index (κ2) is 9.47. The zero-order valence-corrected chi connectivity index (χ0v) is 19.8. The molecule has 1 atom stereocenters. The topological polar surface area (TPSA) is 122 Å². The number of rotatable bonds is 5. The van der Waals surface area contributed by atoms with Gasteiger partial charge < -0.3 is 19.7 Å². The van der Waals surface area contributed by atoms with Gasteiger partial charge in [-0.3, -0.25) is 14.4 Å². The summed E-state index contributed by atoms with van der Waals surface area (Å²) >= 11 is 6.27. The zero-order chi connectivity index (χ0) is 23.8. The van der Waals surface area contributed by atoms with E-state index in [9.17, 15) is 22.8 Å². The molecule has 1 aromatic carbocycles. The minimum absolute atomic E-state index is 0.0621. The fraction of sp³-hybridized carbons (Fsp3) is 0.571. The van der Waals surface area contributed by atoms with E-state index in [-0.39, 0.29) is 52.5 Å². The highest BCUT2D eigenvalue weighted by Gasteiger charge is 2.43. The van der Waals surface area contributed by atoms with Crippen LogP contribution >= 0.6 is 11.6 Å². The summed E-state index contributed by atoms with van der Waals surface area (Å²) in [7, 11) is -4.09. The summed E-state index contributed by atoms with van der Waals surface area (Å²) in [4.78, 5) is 38.2. The van der Waals surface area contributed by atoms with Gasteiger partial charge in [0.05, 0.1) is 23.2 Å². The lowest BCUT2D eigenvalue weighted by atomic mass is 9.96. The molecule has 3 aliphatic rings. The Hall–Kier alpha value is -2.37. The first kappa shape index (κ1) is 23.8. The fourth-order valence-electron chi connectivity index (χ4n) is 4.49. The number of benzene rings is 1. The Morgan fingerprint density at radius 3 is 2.64 bits per heavy atom. The number of halogens is 1. The number of fused-ring (bicyclic) bond motifs is 1. The van der Waals surface area contributed by atoms with E-state index < -0.39 is 16.1 Å². The number of nitrogens with one attached hydrogen (secondary N) is 1. The molecule has 180 valence electrons. The molecule has 1 unspecified atom stereocenters. The molecule has 0 radical (unpaired) electrons. The summed E-state index contributed by atoms with van der Waals surface area (Å²) in [5.74, 6) is -0.912. The van der Waals surface area contributed by atoms with Crippen molar-refractivity contribution in [3.63, 3.8) is 0 Å². The molecule has 2 saturated heterocycles. The monoisotopic (exact) mass is 499 g/mol. The van der Waals surface area contributed by atoms with E-state index in [4.69, 9.17) is 21.1 Å². The van der Waals surface area contributed by atoms with Gasteiger partial charge in [0.2, 0.25) is 15.9 Å². The number of hydrogen-bond donors (Lipinski definition) is 1. The number of piperidine rings is 1. The molecule has 2 fully saturated rings. The maximum atomic E-state index is 13.5. The Bertz CT molecular complexity index is 1070. The third kappa shape index (κ3) is 4.67. The predicted molar refractivity (Wildman–Crippen MR) is 118 cm³/mol. The van der Waals surface area contributed by atoms with Crippen molar-refractivity contribution in [2.45, 2.75) is 43.5 Å². The number of hydrogen-bond acceptors (Lipinski definition) is 7. The molecule has 33 heavy (non-hydrogen) atoms. The maximum Gasteiger partial charge on any atom is 0.309 e. The van der Waals surface area contributed by atoms with E-state index >= 15 is 0 Å². The van der Waals surface area contributed by atoms with Crippen molar-refractivity contribution in [1.82, 2.24) is 9.21 Å². The number of amides is 2. The Balaban J connectivity index is 1.51. The summed E-state index contributed by atoms with van der Waals surface area (Å²) < 4.78 is 38.6. The van der Waals surface area contributed by atoms with Crippen LogP contribution in [0.4, 0.5) is 5.69 Å². The van der Waals surface area contributed by atoms with E-state index in [1.165, 1.54) is 16.4 Å². The quantitative estimate of drug-likeness (QED) is 0.611. The van der Waals surface area contributed by atoms with Crippen molar-refractivity contribution in [2.75, 3.05) is 38.2 Å². The highest BCUT2D eigenvalue weighted by atomic mass is 35.5. The zero-order valence-electron chi connectivity index (χ0n) is 18.2. The van der Waals surface area contributed by atoms with Gasteiger partial charge in [0.25, 0.3) is 5.91 Å². The minimum Gasteiger partial charge on any atom is -0.482 e. The molecular formula is C21H26ClN3O7S. The van der Waals surface area contributed by atoms with Crippen LogP contribution in [0.5, 0.6) is 5.75 Å². The summed E-state index contributed by atoms with van der Waals surface area (Å²) in [6.45, 7) is 2.79. The van der Waals surface area contributed by atoms with Crippen molar-refractivity contribution >= 4 is 45.1 Å². The van der Waals surface area contributed by atoms with Gasteiger partial charge in [-0.1, -0.05) is 11.6 Å². The van der Waals surface area contributed by atoms with Crippen molar-refractivity contribution in [2.24, 2.45) is 5.92 Å². The molecule has 2 amide bonds. The lowest BCUT2D eigenvalue weighted by Gasteiger charge is -2.34. The summed E-state index contributed by atoms with van der Waals surface area (Å²) in [6, 6.07) is 1.80. The first-order valence-electron chi connectivity index (χ1n) is 11.0. The van der Waals surface area contributed by atoms with Crippen LogP contribution in [-0.4, -0.2) is 74.3 Å². The lowest BCUT2D eigenvalue weighted by Crippen LogP contribution is -2.50. The summed E-state index contributed by atoms with van der Waals surface area (Å²) in [6.07, 6.45) is 1.93. The molecule has 12 heteroatoms. The van der Waals surface area contributed by atoms with Crippen molar-refractivity contribution in [3.8, 4) is 5.75 Å². The van der Waals surface area contributed by atoms with Gasteiger partial charge in [-0.15, -0.1) is 0 Å². The molecule has 0 saturated carbocycles. The molecule has 0 aromatic heterocycles. The molecule has 3 aliphatic heterocycles. The van der Waals surface area contributed by atoms with Crippen molar-refractivity contribution in [3.05, 3.63) is 17.2 Å². The number of nitrogens with zero attached hydrogens (tertiary/aromatic N) is 2. The molecular weight excluding hydrogens is 474 g/mol. The number of ether oxygens (including phenoxy) is 2. The molecule has 4 rings (SSSR count). The first-order chi connectivity index (χ1) is 15.7. The van der Waals surface area contributed by atoms with E-state index in [2.05, 4.69) is 5.32 Å². The highest BCUT2D eigenvalue weighted by molar-refractivity contribution is 7.89. The number of anilines is 1. The molecule has 0 aliphatic carbocycles. The lowest BCUT2D eigenvalue weighted by molar-refractivity contribution is -0.151. The normalized spacial score (nSPS) is 21.8. The second-order valence-electron chi connectivity index (χ2n) is 8.24. The van der Waals surface area contributed by atoms with Crippen molar-refractivity contribution in [1.29, 1.82) is 0 Å². The summed E-state index contributed by atoms with van der Waals surface area (Å²) in [5, 5.41) is 2.53. The number of esters is 1. The van der Waals surface area contributed by atoms with Crippen LogP contribution in [-0.2, 0) is 29.1 Å². The number of carbonyl (C=O) groups is 3. The Morgan fingerprint density at radius 2 is 1.94 bits per heavy atom. The number of sulfonamides is 1. The molecule has 1 aromatic rings. The van der Waals surface area contributed by atoms with Gasteiger partial charge in [0.1, 0.15) is 16.7 Å². The van der Waals surface area contributed by atoms with Gasteiger partial charge in [-0.25, -0.2) is 8.42 Å². The van der Waals surface area contributed by atoms with E-state index in [1.54, 1.807) is 11.8 Å². The van der Waals surface area contributed by atoms with Gasteiger partial charge in [-0.05, 0) is 38.7 Å². The summed E-state index contributed by atoms with van der Waals surface area (Å²) in [5.41, 5.74) is 0.300. The van der Waals surface area contributed by atoms with E-state index in [1.807, 2.05) is 0 Å². The predicted octanol–water partition coefficient (Wildman–Crippen LogP) is 1.63. The molecule has 0 spiro atoms. The average Bonchev–Trinajstić information content (AvgIpc) is 3.29. The van der Waals surface area contributed by atoms with Crippen LogP contribution < -0.4 is 10.1 Å². The van der Waals surface area contributed by atoms with E-state index in [0.717, 1.165) is 0 Å². The van der Waals surface area contributed by atoms with Crippen molar-refractivity contribution < 1.29 is 32.3 Å². The Labute approximate surface area is 197 Å². The standard InChI is InChI=1S/C21H26ClN3O7S/c1-2-31-21(28)13-5-8-24(9-6-13)20(27)16-4-3-7-25(16)33(29,30)18-11-17-15(10-14(18)22)23-19(26)12-32-17/h10-11,13,16H,2-9,12H2,1H3,(H,23,26). The Morgan fingerprint density at radius 1 is 1.21 bits per heavy atom. The molecule has 3 heterocycles. The van der Waals surface area contributed by atoms with Crippen LogP contribution in [0.15, 0.2) is 17.0 Å². The van der Waals surface area contributed by atoms with Gasteiger partial charge in [-0.2, -0.15) is 4.31 Å². The smallest absolute Gasteiger partial charge is 0.309 e. The molecule has 1 N–H and O–H groups in total. The fourth-order valence-corrected chi connectivity index (χ4v) is 6.66. The van der Waals surface area contributed by atoms with Crippen LogP contribution in [0.1, 0.15) is 32.6 Å². The first-order valence-corrected chi connectivity index (χ1v) is 12.8. The SMILES string of the molecule is CCOC(=O)C1CCN(C(=O)C2CCCN2S(=O)(=O)c2cc3c(cc2Cl)NC(=O)CO3)CC1. The largest absolute Gasteiger partial charge is 0.482 e. The van der Waals surface area contributed by atoms with Gasteiger partial charge >= 0.3 is 5.97 Å². The third-order valence-corrected chi connectivity index (χ3v) is 8.54. The van der Waals surface area contributed by atoms with E-state index in [0.29, 0.717) is 51.1 Å². The van der Waals surface area contributed by atoms with Crippen LogP contribution in [0, 0.1) is 5.92 Å². The molecule has 10 nitrogen and oxygen atoms in total. The van der Waals surface area contributed by atoms with Gasteiger partial charge in [0.15, 0.2) is 6.61 Å². The maximum absolute atomic E-state index is 13.5.